The van der Waals surface area contributed by atoms with E-state index in [0.29, 0.717) is 0 Å². The molecule has 28 heavy (non-hydrogen) atoms. The van der Waals surface area contributed by atoms with Crippen molar-refractivity contribution in [2.45, 2.75) is 31.6 Å². The van der Waals surface area contributed by atoms with E-state index in [2.05, 4.69) is 8.92 Å². The Hall–Kier alpha value is -2.32. The lowest BCUT2D eigenvalue weighted by Crippen LogP contribution is -2.34. The lowest BCUT2D eigenvalue weighted by Gasteiger charge is -2.20. The van der Waals surface area contributed by atoms with E-state index in [-0.39, 0.29) is 5.56 Å². The molecule has 0 amide bonds. The first-order valence-corrected chi connectivity index (χ1v) is 9.78. The summed E-state index contributed by atoms with van der Waals surface area (Å²) in [6, 6.07) is 2.52. The SMILES string of the molecule is CC(C)(C)OC(=O)c1cc(O[SH](=O)=O)cc(C(=O)OCC(F)(F)S(=O)(=O)O)c1. The summed E-state index contributed by atoms with van der Waals surface area (Å²) in [4.78, 5) is 24.0. The molecule has 0 aliphatic rings. The van der Waals surface area contributed by atoms with Crippen LogP contribution in [-0.2, 0) is 30.6 Å². The third kappa shape index (κ3) is 7.01. The molecule has 0 saturated carbocycles. The number of carbonyl (C=O) groups excluding carboxylic acids is 2. The molecular weight excluding hydrogens is 430 g/mol. The predicted molar refractivity (Wildman–Crippen MR) is 89.3 cm³/mol. The van der Waals surface area contributed by atoms with Gasteiger partial charge in [-0.15, -0.1) is 0 Å². The maximum atomic E-state index is 13.2. The summed E-state index contributed by atoms with van der Waals surface area (Å²) >= 11 is 0. The summed E-state index contributed by atoms with van der Waals surface area (Å²) in [6.07, 6.45) is 0. The Morgan fingerprint density at radius 2 is 1.57 bits per heavy atom. The van der Waals surface area contributed by atoms with Gasteiger partial charge in [-0.3, -0.25) is 4.55 Å². The van der Waals surface area contributed by atoms with Gasteiger partial charge in [0.1, 0.15) is 11.4 Å². The second kappa shape index (κ2) is 8.36. The second-order valence-corrected chi connectivity index (χ2v) is 8.43. The van der Waals surface area contributed by atoms with Crippen molar-refractivity contribution in [2.24, 2.45) is 0 Å². The second-order valence-electron chi connectivity index (χ2n) is 6.25. The third-order valence-corrected chi connectivity index (χ3v) is 3.94. The van der Waals surface area contributed by atoms with E-state index in [0.717, 1.165) is 18.2 Å². The van der Waals surface area contributed by atoms with Crippen molar-refractivity contribution in [3.8, 4) is 5.75 Å². The summed E-state index contributed by atoms with van der Waals surface area (Å²) in [7, 11) is -9.28. The first-order chi connectivity index (χ1) is 12.5. The normalized spacial score (nSPS) is 12.5. The zero-order chi connectivity index (χ0) is 21.9. The largest absolute Gasteiger partial charge is 0.456 e. The van der Waals surface area contributed by atoms with Crippen LogP contribution in [-0.4, -0.2) is 50.8 Å². The number of ether oxygens (including phenoxy) is 2. The van der Waals surface area contributed by atoms with E-state index in [4.69, 9.17) is 9.29 Å². The molecule has 0 saturated heterocycles. The maximum Gasteiger partial charge on any atom is 0.402 e. The zero-order valence-corrected chi connectivity index (χ0v) is 16.4. The molecular formula is C14H16F2O10S2. The average molecular weight is 446 g/mol. The van der Waals surface area contributed by atoms with Crippen LogP contribution in [0.25, 0.3) is 0 Å². The predicted octanol–water partition coefficient (Wildman–Crippen LogP) is 1.18. The van der Waals surface area contributed by atoms with Gasteiger partial charge < -0.3 is 13.7 Å². The van der Waals surface area contributed by atoms with Crippen molar-refractivity contribution >= 4 is 33.0 Å². The van der Waals surface area contributed by atoms with Crippen LogP contribution in [0.2, 0.25) is 0 Å². The maximum absolute atomic E-state index is 13.2. The molecule has 0 aromatic heterocycles. The van der Waals surface area contributed by atoms with Crippen LogP contribution >= 0.6 is 0 Å². The molecule has 1 aromatic rings. The van der Waals surface area contributed by atoms with E-state index < -0.39 is 61.8 Å². The number of alkyl halides is 2. The first kappa shape index (κ1) is 23.7. The molecule has 0 radical (unpaired) electrons. The highest BCUT2D eigenvalue weighted by Gasteiger charge is 2.45. The highest BCUT2D eigenvalue weighted by Crippen LogP contribution is 2.24. The van der Waals surface area contributed by atoms with Gasteiger partial charge in [0.25, 0.3) is 11.0 Å². The lowest BCUT2D eigenvalue weighted by molar-refractivity contribution is -0.00952. The van der Waals surface area contributed by atoms with Gasteiger partial charge in [0, 0.05) is 0 Å². The van der Waals surface area contributed by atoms with Crippen molar-refractivity contribution in [1.82, 2.24) is 0 Å². The molecule has 1 rings (SSSR count). The summed E-state index contributed by atoms with van der Waals surface area (Å²) in [6.45, 7) is 2.58. The van der Waals surface area contributed by atoms with E-state index in [1.807, 2.05) is 0 Å². The van der Waals surface area contributed by atoms with Crippen LogP contribution in [0.15, 0.2) is 18.2 Å². The number of carbonyl (C=O) groups is 2. The van der Waals surface area contributed by atoms with Crippen LogP contribution < -0.4 is 4.18 Å². The summed E-state index contributed by atoms with van der Waals surface area (Å²) < 4.78 is 90.7. The number of rotatable bonds is 7. The minimum absolute atomic E-state index is 0.363. The Morgan fingerprint density at radius 1 is 1.07 bits per heavy atom. The number of thiol groups is 1. The molecule has 14 heteroatoms. The highest BCUT2D eigenvalue weighted by atomic mass is 32.2. The molecule has 0 aliphatic heterocycles. The first-order valence-electron chi connectivity index (χ1n) is 7.24. The molecule has 0 atom stereocenters. The molecule has 0 aliphatic carbocycles. The van der Waals surface area contributed by atoms with Gasteiger partial charge in [-0.1, -0.05) is 0 Å². The highest BCUT2D eigenvalue weighted by molar-refractivity contribution is 7.86. The van der Waals surface area contributed by atoms with Gasteiger partial charge in [0.15, 0.2) is 6.61 Å². The van der Waals surface area contributed by atoms with Crippen molar-refractivity contribution in [1.29, 1.82) is 0 Å². The van der Waals surface area contributed by atoms with E-state index >= 15 is 0 Å². The van der Waals surface area contributed by atoms with E-state index in [9.17, 15) is 35.2 Å². The summed E-state index contributed by atoms with van der Waals surface area (Å²) in [5, 5.41) is -4.77. The molecule has 0 heterocycles. The Labute approximate surface area is 160 Å². The van der Waals surface area contributed by atoms with Gasteiger partial charge in [0.2, 0.25) is 0 Å². The Morgan fingerprint density at radius 3 is 2.00 bits per heavy atom. The van der Waals surface area contributed by atoms with Crippen LogP contribution in [0.1, 0.15) is 41.5 Å². The molecule has 10 nitrogen and oxygen atoms in total. The van der Waals surface area contributed by atoms with Crippen LogP contribution in [0, 0.1) is 0 Å². The van der Waals surface area contributed by atoms with Crippen molar-refractivity contribution in [3.05, 3.63) is 29.3 Å². The molecule has 158 valence electrons. The molecule has 0 unspecified atom stereocenters. The van der Waals surface area contributed by atoms with Crippen LogP contribution in [0.3, 0.4) is 0 Å². The minimum Gasteiger partial charge on any atom is -0.456 e. The smallest absolute Gasteiger partial charge is 0.402 e. The number of hydrogen-bond donors (Lipinski definition) is 2. The Balaban J connectivity index is 3.20. The number of esters is 2. The fourth-order valence-corrected chi connectivity index (χ4v) is 2.10. The van der Waals surface area contributed by atoms with Gasteiger partial charge in [-0.2, -0.15) is 25.6 Å². The lowest BCUT2D eigenvalue weighted by atomic mass is 10.1. The van der Waals surface area contributed by atoms with Crippen molar-refractivity contribution in [2.75, 3.05) is 6.61 Å². The van der Waals surface area contributed by atoms with Crippen molar-refractivity contribution < 1.29 is 53.4 Å². The summed E-state index contributed by atoms with van der Waals surface area (Å²) in [5.41, 5.74) is -1.92. The molecule has 0 spiro atoms. The van der Waals surface area contributed by atoms with E-state index in [1.54, 1.807) is 0 Å². The zero-order valence-electron chi connectivity index (χ0n) is 14.7. The van der Waals surface area contributed by atoms with E-state index in [1.165, 1.54) is 20.8 Å². The molecule has 1 N–H and O–H groups in total. The molecule has 1 aromatic carbocycles. The number of benzene rings is 1. The van der Waals surface area contributed by atoms with Crippen LogP contribution in [0.4, 0.5) is 8.78 Å². The molecule has 0 bridgehead atoms. The number of hydrogen-bond acceptors (Lipinski definition) is 9. The monoisotopic (exact) mass is 446 g/mol. The Kier molecular flexibility index (Phi) is 7.08. The minimum atomic E-state index is -5.84. The van der Waals surface area contributed by atoms with Gasteiger partial charge in [-0.05, 0) is 39.0 Å². The summed E-state index contributed by atoms with van der Waals surface area (Å²) in [5.74, 6) is -3.05. The topological polar surface area (TPSA) is 150 Å². The van der Waals surface area contributed by atoms with Crippen molar-refractivity contribution in [3.63, 3.8) is 0 Å². The third-order valence-electron chi connectivity index (χ3n) is 2.71. The standard InChI is InChI=1S/C14H16F2O10S2/c1-13(2,3)25-12(18)9-4-8(5-10(6-9)26-27(19)20)11(17)24-7-14(15,16)28(21,22)23/h4-6,27H,7H2,1-3H3,(H,21,22,23). The van der Waals surface area contributed by atoms with Gasteiger partial charge >= 0.3 is 27.3 Å². The quantitative estimate of drug-likeness (QED) is 0.355. The van der Waals surface area contributed by atoms with Crippen LogP contribution in [0.5, 0.6) is 5.75 Å². The number of halogens is 2. The molecule has 0 fully saturated rings. The Bertz CT molecular complexity index is 937. The van der Waals surface area contributed by atoms with Gasteiger partial charge in [-0.25, -0.2) is 9.59 Å². The van der Waals surface area contributed by atoms with Gasteiger partial charge in [0.05, 0.1) is 11.1 Å². The fourth-order valence-electron chi connectivity index (χ4n) is 1.62. The average Bonchev–Trinajstić information content (AvgIpc) is 2.48. The fraction of sp³-hybridized carbons (Fsp3) is 0.429.